The zero-order valence-electron chi connectivity index (χ0n) is 19.7. The van der Waals surface area contributed by atoms with E-state index in [1.54, 1.807) is 12.1 Å². The molecule has 0 bridgehead atoms. The van der Waals surface area contributed by atoms with Crippen molar-refractivity contribution in [3.05, 3.63) is 56.8 Å². The molecule has 2 heterocycles. The topological polar surface area (TPSA) is 44.5 Å². The van der Waals surface area contributed by atoms with Gasteiger partial charge in [-0.3, -0.25) is 4.79 Å². The molecule has 4 nitrogen and oxygen atoms in total. The van der Waals surface area contributed by atoms with Gasteiger partial charge in [-0.2, -0.15) is 4.58 Å². The fourth-order valence-electron chi connectivity index (χ4n) is 2.12. The van der Waals surface area contributed by atoms with Gasteiger partial charge >= 0.3 is 5.84 Å². The smallest absolute Gasteiger partial charge is 0.308 e. The van der Waals surface area contributed by atoms with Crippen LogP contribution in [0.5, 0.6) is 0 Å². The van der Waals surface area contributed by atoms with Crippen molar-refractivity contribution in [2.45, 2.75) is 26.6 Å². The van der Waals surface area contributed by atoms with E-state index in [1.165, 1.54) is 6.07 Å². The van der Waals surface area contributed by atoms with Gasteiger partial charge in [0, 0.05) is 23.0 Å². The van der Waals surface area contributed by atoms with Crippen molar-refractivity contribution in [2.75, 3.05) is 0 Å². The number of hydrogen-bond acceptors (Lipinski definition) is 2. The summed E-state index contributed by atoms with van der Waals surface area (Å²) in [6, 6.07) is 4.17. The molecule has 0 spiro atoms. The van der Waals surface area contributed by atoms with E-state index in [-0.39, 0.29) is 17.4 Å². The number of amides is 1. The van der Waals surface area contributed by atoms with E-state index >= 15 is 0 Å². The quantitative estimate of drug-likeness (QED) is 0.824. The second-order valence-corrected chi connectivity index (χ2v) is 5.61. The van der Waals surface area contributed by atoms with Crippen molar-refractivity contribution in [2.24, 2.45) is 4.99 Å². The van der Waals surface area contributed by atoms with Crippen LogP contribution in [0.3, 0.4) is 0 Å². The highest BCUT2D eigenvalue weighted by atomic mass is 35.5. The van der Waals surface area contributed by atoms with Crippen LogP contribution in [0.25, 0.3) is 0 Å². The first-order valence-corrected chi connectivity index (χ1v) is 7.30. The highest BCUT2D eigenvalue weighted by Crippen LogP contribution is 2.23. The number of hydrogen-bond donors (Lipinski definition) is 1. The minimum absolute atomic E-state index is 0.0212. The fraction of sp³-hybridized carbons (Fsp3) is 0.235. The monoisotopic (exact) mass is 356 g/mol. The summed E-state index contributed by atoms with van der Waals surface area (Å²) in [5.74, 6) is -1.05. The van der Waals surface area contributed by atoms with Crippen molar-refractivity contribution in [1.82, 2.24) is 5.32 Å². The minimum atomic E-state index is -2.81. The Bertz CT molecular complexity index is 1090. The van der Waals surface area contributed by atoms with Crippen molar-refractivity contribution in [3.8, 4) is 0 Å². The van der Waals surface area contributed by atoms with Crippen molar-refractivity contribution >= 4 is 41.2 Å². The Hall–Kier alpha value is -1.91. The molecule has 118 valence electrons. The molecule has 0 radical (unpaired) electrons. The predicted octanol–water partition coefficient (Wildman–Crippen LogP) is 3.69. The third-order valence-electron chi connectivity index (χ3n) is 3.21. The van der Waals surface area contributed by atoms with Crippen LogP contribution in [-0.4, -0.2) is 22.5 Å². The van der Waals surface area contributed by atoms with Crippen LogP contribution in [0.15, 0.2) is 46.2 Å². The van der Waals surface area contributed by atoms with E-state index in [4.69, 9.17) is 34.2 Å². The van der Waals surface area contributed by atoms with Gasteiger partial charge in [0.2, 0.25) is 11.4 Å². The first kappa shape index (κ1) is 8.81. The molecule has 0 saturated heterocycles. The van der Waals surface area contributed by atoms with Gasteiger partial charge in [0.1, 0.15) is 0 Å². The van der Waals surface area contributed by atoms with Gasteiger partial charge in [-0.15, -0.1) is 0 Å². The Labute approximate surface area is 156 Å². The summed E-state index contributed by atoms with van der Waals surface area (Å²) in [5.41, 5.74) is -0.868. The largest absolute Gasteiger partial charge is 0.345 e. The molecule has 6 heteroatoms. The number of allylic oxidation sites excluding steroid dienone is 2. The standard InChI is InChI=1S/C17H15Cl2N3O/c1-10-3-6-15-21-11(2)16(22(15)9-10)17(23)20-8-12-4-5-13(18)14(19)7-12/h3-5,7,9H,6,8H2,1-2H3/p+1/i1D3,2D3,3D,6D. The number of halogens is 2. The van der Waals surface area contributed by atoms with Crippen LogP contribution >= 0.6 is 23.2 Å². The number of fused-ring (bicyclic) bond motifs is 1. The molecular formula is C17H16Cl2N3O+. The molecule has 1 N–H and O–H groups in total. The Kier molecular flexibility index (Phi) is 2.41. The summed E-state index contributed by atoms with van der Waals surface area (Å²) >= 11 is 11.8. The van der Waals surface area contributed by atoms with Gasteiger partial charge in [-0.25, -0.2) is 0 Å². The summed E-state index contributed by atoms with van der Waals surface area (Å²) in [6.45, 7) is -5.56. The Morgan fingerprint density at radius 1 is 1.48 bits per heavy atom. The summed E-state index contributed by atoms with van der Waals surface area (Å²) in [4.78, 5) is 16.9. The minimum Gasteiger partial charge on any atom is -0.345 e. The number of carbonyl (C=O) groups is 1. The molecule has 3 rings (SSSR count). The van der Waals surface area contributed by atoms with Crippen molar-refractivity contribution in [3.63, 3.8) is 0 Å². The maximum atomic E-state index is 12.9. The summed E-state index contributed by atoms with van der Waals surface area (Å²) in [6.07, 6.45) is -0.579. The maximum absolute atomic E-state index is 12.9. The number of benzene rings is 1. The molecule has 2 aliphatic heterocycles. The van der Waals surface area contributed by atoms with Crippen LogP contribution in [0.2, 0.25) is 10.0 Å². The molecule has 0 aliphatic carbocycles. The summed E-state index contributed by atoms with van der Waals surface area (Å²) in [5, 5.41) is 3.16. The van der Waals surface area contributed by atoms with Gasteiger partial charge < -0.3 is 5.32 Å². The van der Waals surface area contributed by atoms with Gasteiger partial charge in [-0.05, 0) is 35.1 Å². The van der Waals surface area contributed by atoms with E-state index in [0.29, 0.717) is 10.6 Å². The molecule has 1 aromatic rings. The van der Waals surface area contributed by atoms with Gasteiger partial charge in [-0.1, -0.05) is 35.3 Å². The molecule has 1 unspecified atom stereocenters. The zero-order chi connectivity index (χ0) is 23.3. The number of nitrogens with one attached hydrogen (secondary N) is 1. The Morgan fingerprint density at radius 2 is 2.35 bits per heavy atom. The van der Waals surface area contributed by atoms with Gasteiger partial charge in [0.05, 0.1) is 24.0 Å². The number of nitrogens with zero attached hydrogens (tertiary/aromatic N) is 2. The Balaban J connectivity index is 2.01. The molecule has 1 atom stereocenters. The first-order chi connectivity index (χ1) is 14.2. The summed E-state index contributed by atoms with van der Waals surface area (Å²) < 4.78 is 63.1. The Morgan fingerprint density at radius 3 is 3.09 bits per heavy atom. The van der Waals surface area contributed by atoms with Gasteiger partial charge in [0.25, 0.3) is 5.91 Å². The third-order valence-corrected chi connectivity index (χ3v) is 3.94. The lowest BCUT2D eigenvalue weighted by atomic mass is 10.2. The lowest BCUT2D eigenvalue weighted by Crippen LogP contribution is -2.32. The normalized spacial score (nSPS) is 26.4. The fourth-order valence-corrected chi connectivity index (χ4v) is 2.44. The number of rotatable bonds is 3. The second-order valence-electron chi connectivity index (χ2n) is 4.80. The number of carbonyl (C=O) groups excluding carboxylic acids is 1. The van der Waals surface area contributed by atoms with E-state index in [0.717, 1.165) is 10.8 Å². The molecular weight excluding hydrogens is 333 g/mol. The zero-order valence-corrected chi connectivity index (χ0v) is 13.2. The third kappa shape index (κ3) is 3.23. The average Bonchev–Trinajstić information content (AvgIpc) is 3.04. The van der Waals surface area contributed by atoms with E-state index in [9.17, 15) is 4.79 Å². The van der Waals surface area contributed by atoms with E-state index in [1.807, 2.05) is 0 Å². The average molecular weight is 357 g/mol. The summed E-state index contributed by atoms with van der Waals surface area (Å²) in [7, 11) is 0. The second kappa shape index (κ2) is 6.30. The SMILES string of the molecule is [2H]C1=C(C([2H])([2H])[2H])C=[N+]2C(=NC(C([2H])([2H])[2H])=C2C(=O)NCc2ccc(Cl)c(Cl)c2)C1[2H]. The van der Waals surface area contributed by atoms with E-state index in [2.05, 4.69) is 10.3 Å². The first-order valence-electron chi connectivity index (χ1n) is 10.6. The highest BCUT2D eigenvalue weighted by molar-refractivity contribution is 6.42. The lowest BCUT2D eigenvalue weighted by molar-refractivity contribution is -0.337. The van der Waals surface area contributed by atoms with Crippen molar-refractivity contribution < 1.29 is 20.3 Å². The van der Waals surface area contributed by atoms with Crippen LogP contribution in [0.4, 0.5) is 0 Å². The van der Waals surface area contributed by atoms with Crippen LogP contribution < -0.4 is 5.32 Å². The lowest BCUT2D eigenvalue weighted by Gasteiger charge is -2.10. The molecule has 0 aromatic heterocycles. The molecule has 0 fully saturated rings. The number of amidine groups is 1. The van der Waals surface area contributed by atoms with Crippen LogP contribution in [-0.2, 0) is 11.3 Å². The van der Waals surface area contributed by atoms with Gasteiger partial charge in [0.15, 0.2) is 0 Å². The van der Waals surface area contributed by atoms with Crippen molar-refractivity contribution in [1.29, 1.82) is 0 Å². The van der Waals surface area contributed by atoms with Crippen LogP contribution in [0.1, 0.15) is 36.6 Å². The molecule has 23 heavy (non-hydrogen) atoms. The predicted molar refractivity (Wildman–Crippen MR) is 93.1 cm³/mol. The number of aliphatic imine (C=N–C) groups is 1. The molecule has 2 aliphatic rings. The molecule has 1 amide bonds. The highest BCUT2D eigenvalue weighted by Gasteiger charge is 2.36. The molecule has 1 aromatic carbocycles. The van der Waals surface area contributed by atoms with E-state index < -0.39 is 49.0 Å². The maximum Gasteiger partial charge on any atom is 0.308 e. The van der Waals surface area contributed by atoms with Crippen LogP contribution in [0, 0.1) is 0 Å². The molecule has 0 saturated carbocycles.